The maximum Gasteiger partial charge on any atom is 0.320 e. The number of halogens is 1. The molecule has 1 N–H and O–H groups in total. The zero-order valence-corrected chi connectivity index (χ0v) is 11.4. The Morgan fingerprint density at radius 2 is 2.29 bits per heavy atom. The summed E-state index contributed by atoms with van der Waals surface area (Å²) in [4.78, 5) is 13.2. The molecule has 1 aromatic carbocycles. The van der Waals surface area contributed by atoms with Gasteiger partial charge in [-0.05, 0) is 36.1 Å². The molecule has 1 aliphatic rings. The summed E-state index contributed by atoms with van der Waals surface area (Å²) in [6, 6.07) is 5.88. The fraction of sp³-hybridized carbons (Fsp3) is 0.462. The minimum atomic E-state index is -0.715. The molecule has 0 radical (unpaired) electrons. The van der Waals surface area contributed by atoms with Crippen LogP contribution in [0.1, 0.15) is 24.5 Å². The van der Waals surface area contributed by atoms with Crippen LogP contribution in [-0.4, -0.2) is 28.6 Å². The monoisotopic (exact) mass is 297 g/mol. The van der Waals surface area contributed by atoms with Gasteiger partial charge in [0.25, 0.3) is 0 Å². The number of carboxylic acid groups (broad SMARTS) is 1. The van der Waals surface area contributed by atoms with Crippen molar-refractivity contribution in [3.63, 3.8) is 0 Å². The summed E-state index contributed by atoms with van der Waals surface area (Å²) in [5.41, 5.74) is 2.58. The average Bonchev–Trinajstić information content (AvgIpc) is 2.29. The molecule has 1 unspecified atom stereocenters. The van der Waals surface area contributed by atoms with Crippen molar-refractivity contribution < 1.29 is 9.90 Å². The number of benzene rings is 1. The first kappa shape index (κ1) is 12.6. The molecule has 0 fully saturated rings. The Bertz CT molecular complexity index is 433. The molecule has 0 bridgehead atoms. The molecule has 0 aromatic heterocycles. The van der Waals surface area contributed by atoms with E-state index in [9.17, 15) is 4.79 Å². The molecular weight excluding hydrogens is 282 g/mol. The van der Waals surface area contributed by atoms with Crippen LogP contribution in [-0.2, 0) is 17.8 Å². The summed E-state index contributed by atoms with van der Waals surface area (Å²) in [7, 11) is 0. The minimum absolute atomic E-state index is 0.355. The van der Waals surface area contributed by atoms with Crippen molar-refractivity contribution in [3.05, 3.63) is 33.8 Å². The highest BCUT2D eigenvalue weighted by Gasteiger charge is 2.27. The second-order valence-corrected chi connectivity index (χ2v) is 5.31. The first-order valence-corrected chi connectivity index (χ1v) is 6.65. The standard InChI is InChI=1S/C13H16BrNO2/c1-2-12(13(16)17)15-6-5-9-7-11(14)4-3-10(9)8-15/h3-4,7,12H,2,5-6,8H2,1H3,(H,16,17). The SMILES string of the molecule is CCC(C(=O)O)N1CCc2cc(Br)ccc2C1. The molecule has 17 heavy (non-hydrogen) atoms. The van der Waals surface area contributed by atoms with E-state index >= 15 is 0 Å². The van der Waals surface area contributed by atoms with Gasteiger partial charge in [0.1, 0.15) is 6.04 Å². The van der Waals surface area contributed by atoms with Gasteiger partial charge in [0, 0.05) is 17.6 Å². The molecule has 0 amide bonds. The van der Waals surface area contributed by atoms with Gasteiger partial charge in [-0.25, -0.2) is 0 Å². The van der Waals surface area contributed by atoms with Crippen molar-refractivity contribution in [3.8, 4) is 0 Å². The third-order valence-electron chi connectivity index (χ3n) is 3.32. The Hall–Kier alpha value is -0.870. The molecule has 2 rings (SSSR count). The fourth-order valence-corrected chi connectivity index (χ4v) is 2.81. The Balaban J connectivity index is 2.18. The molecule has 1 aliphatic heterocycles. The molecule has 92 valence electrons. The average molecular weight is 298 g/mol. The van der Waals surface area contributed by atoms with E-state index in [0.29, 0.717) is 6.42 Å². The maximum atomic E-state index is 11.1. The van der Waals surface area contributed by atoms with Gasteiger partial charge < -0.3 is 5.11 Å². The van der Waals surface area contributed by atoms with E-state index in [1.807, 2.05) is 13.0 Å². The lowest BCUT2D eigenvalue weighted by molar-refractivity contribution is -0.143. The highest BCUT2D eigenvalue weighted by molar-refractivity contribution is 9.10. The van der Waals surface area contributed by atoms with Crippen molar-refractivity contribution in [1.82, 2.24) is 4.90 Å². The number of carboxylic acids is 1. The van der Waals surface area contributed by atoms with Crippen molar-refractivity contribution >= 4 is 21.9 Å². The van der Waals surface area contributed by atoms with E-state index in [4.69, 9.17) is 5.11 Å². The molecule has 0 saturated carbocycles. The third-order valence-corrected chi connectivity index (χ3v) is 3.82. The predicted molar refractivity (Wildman–Crippen MR) is 70.0 cm³/mol. The lowest BCUT2D eigenvalue weighted by atomic mass is 9.98. The predicted octanol–water partition coefficient (Wildman–Crippen LogP) is 2.67. The second kappa shape index (κ2) is 5.19. The van der Waals surface area contributed by atoms with Gasteiger partial charge in [-0.2, -0.15) is 0 Å². The Morgan fingerprint density at radius 1 is 1.53 bits per heavy atom. The van der Waals surface area contributed by atoms with Crippen LogP contribution in [0, 0.1) is 0 Å². The minimum Gasteiger partial charge on any atom is -0.480 e. The van der Waals surface area contributed by atoms with Crippen LogP contribution < -0.4 is 0 Å². The number of hydrogen-bond donors (Lipinski definition) is 1. The Kier molecular flexibility index (Phi) is 3.84. The zero-order valence-electron chi connectivity index (χ0n) is 9.82. The molecule has 4 heteroatoms. The zero-order chi connectivity index (χ0) is 12.4. The number of aliphatic carboxylic acids is 1. The molecule has 3 nitrogen and oxygen atoms in total. The molecule has 0 spiro atoms. The van der Waals surface area contributed by atoms with E-state index in [1.165, 1.54) is 11.1 Å². The van der Waals surface area contributed by atoms with Crippen LogP contribution in [0.25, 0.3) is 0 Å². The van der Waals surface area contributed by atoms with E-state index in [1.54, 1.807) is 0 Å². The van der Waals surface area contributed by atoms with Gasteiger partial charge >= 0.3 is 5.97 Å². The Morgan fingerprint density at radius 3 is 2.94 bits per heavy atom. The van der Waals surface area contributed by atoms with Crippen molar-refractivity contribution in [2.45, 2.75) is 32.4 Å². The number of fused-ring (bicyclic) bond motifs is 1. The van der Waals surface area contributed by atoms with E-state index in [-0.39, 0.29) is 6.04 Å². The third kappa shape index (κ3) is 2.69. The number of nitrogens with zero attached hydrogens (tertiary/aromatic N) is 1. The molecule has 1 atom stereocenters. The number of carbonyl (C=O) groups is 1. The summed E-state index contributed by atoms with van der Waals surface area (Å²) >= 11 is 3.46. The van der Waals surface area contributed by atoms with E-state index in [0.717, 1.165) is 24.0 Å². The molecule has 1 heterocycles. The summed E-state index contributed by atoms with van der Waals surface area (Å²) < 4.78 is 1.09. The maximum absolute atomic E-state index is 11.1. The highest BCUT2D eigenvalue weighted by Crippen LogP contribution is 2.24. The van der Waals surface area contributed by atoms with Crippen LogP contribution >= 0.6 is 15.9 Å². The fourth-order valence-electron chi connectivity index (χ4n) is 2.40. The molecule has 0 aliphatic carbocycles. The second-order valence-electron chi connectivity index (χ2n) is 4.40. The van der Waals surface area contributed by atoms with E-state index in [2.05, 4.69) is 33.0 Å². The Labute approximate surface area is 110 Å². The first-order valence-electron chi connectivity index (χ1n) is 5.86. The van der Waals surface area contributed by atoms with Crippen LogP contribution in [0.3, 0.4) is 0 Å². The smallest absolute Gasteiger partial charge is 0.320 e. The largest absolute Gasteiger partial charge is 0.480 e. The van der Waals surface area contributed by atoms with Crippen LogP contribution in [0.4, 0.5) is 0 Å². The molecule has 1 aromatic rings. The van der Waals surface area contributed by atoms with Gasteiger partial charge in [0.2, 0.25) is 0 Å². The summed E-state index contributed by atoms with van der Waals surface area (Å²) in [6.45, 7) is 3.50. The normalized spacial score (nSPS) is 17.5. The first-order chi connectivity index (χ1) is 8.11. The molecular formula is C13H16BrNO2. The molecule has 0 saturated heterocycles. The lowest BCUT2D eigenvalue weighted by Gasteiger charge is -2.32. The van der Waals surface area contributed by atoms with Gasteiger partial charge in [0.15, 0.2) is 0 Å². The number of hydrogen-bond acceptors (Lipinski definition) is 2. The van der Waals surface area contributed by atoms with Gasteiger partial charge in [-0.1, -0.05) is 28.9 Å². The van der Waals surface area contributed by atoms with Crippen LogP contribution in [0.15, 0.2) is 22.7 Å². The van der Waals surface area contributed by atoms with Crippen molar-refractivity contribution in [2.24, 2.45) is 0 Å². The highest BCUT2D eigenvalue weighted by atomic mass is 79.9. The van der Waals surface area contributed by atoms with Gasteiger partial charge in [-0.15, -0.1) is 0 Å². The summed E-state index contributed by atoms with van der Waals surface area (Å²) in [5.74, 6) is -0.715. The van der Waals surface area contributed by atoms with Crippen LogP contribution in [0.5, 0.6) is 0 Å². The summed E-state index contributed by atoms with van der Waals surface area (Å²) in [5, 5.41) is 9.17. The van der Waals surface area contributed by atoms with Crippen molar-refractivity contribution in [2.75, 3.05) is 6.54 Å². The summed E-state index contributed by atoms with van der Waals surface area (Å²) in [6.07, 6.45) is 1.58. The lowest BCUT2D eigenvalue weighted by Crippen LogP contribution is -2.43. The van der Waals surface area contributed by atoms with Gasteiger partial charge in [0.05, 0.1) is 0 Å². The quantitative estimate of drug-likeness (QED) is 0.932. The topological polar surface area (TPSA) is 40.5 Å². The number of rotatable bonds is 3. The van der Waals surface area contributed by atoms with Crippen molar-refractivity contribution in [1.29, 1.82) is 0 Å². The van der Waals surface area contributed by atoms with E-state index < -0.39 is 5.97 Å². The van der Waals surface area contributed by atoms with Crippen LogP contribution in [0.2, 0.25) is 0 Å². The van der Waals surface area contributed by atoms with Gasteiger partial charge in [-0.3, -0.25) is 9.69 Å².